The monoisotopic (exact) mass is 247 g/mol. The fourth-order valence-electron chi connectivity index (χ4n) is 2.44. The van der Waals surface area contributed by atoms with E-state index in [4.69, 9.17) is 5.73 Å². The van der Waals surface area contributed by atoms with Crippen molar-refractivity contribution < 1.29 is 4.79 Å². The summed E-state index contributed by atoms with van der Waals surface area (Å²) in [6, 6.07) is 3.94. The molecule has 2 N–H and O–H groups in total. The molecule has 1 fully saturated rings. The first-order valence-corrected chi connectivity index (χ1v) is 6.59. The van der Waals surface area contributed by atoms with E-state index in [0.29, 0.717) is 24.2 Å². The molecule has 1 saturated heterocycles. The van der Waals surface area contributed by atoms with E-state index in [9.17, 15) is 4.79 Å². The number of carbonyl (C=O) groups excluding carboxylic acids is 1. The summed E-state index contributed by atoms with van der Waals surface area (Å²) in [5.74, 6) is 0.601. The van der Waals surface area contributed by atoms with Gasteiger partial charge in [0, 0.05) is 25.3 Å². The smallest absolute Gasteiger partial charge is 0.272 e. The Bertz CT molecular complexity index is 416. The van der Waals surface area contributed by atoms with Crippen LogP contribution in [0.3, 0.4) is 0 Å². The van der Waals surface area contributed by atoms with Gasteiger partial charge >= 0.3 is 0 Å². The molecule has 18 heavy (non-hydrogen) atoms. The van der Waals surface area contributed by atoms with Crippen LogP contribution < -0.4 is 5.73 Å². The van der Waals surface area contributed by atoms with Gasteiger partial charge in [0.2, 0.25) is 0 Å². The molecule has 0 radical (unpaired) electrons. The minimum atomic E-state index is 0.0395. The second-order valence-electron chi connectivity index (χ2n) is 5.11. The zero-order chi connectivity index (χ0) is 13.1. The maximum Gasteiger partial charge on any atom is 0.272 e. The van der Waals surface area contributed by atoms with Gasteiger partial charge < -0.3 is 10.6 Å². The molecule has 1 amide bonds. The van der Waals surface area contributed by atoms with Crippen LogP contribution >= 0.6 is 0 Å². The number of piperidine rings is 1. The molecule has 0 aromatic carbocycles. The Balaban J connectivity index is 2.14. The van der Waals surface area contributed by atoms with Gasteiger partial charge in [-0.2, -0.15) is 0 Å². The summed E-state index contributed by atoms with van der Waals surface area (Å²) < 4.78 is 0. The average molecular weight is 247 g/mol. The Hall–Kier alpha value is -1.42. The molecule has 2 rings (SSSR count). The molecular weight excluding hydrogens is 226 g/mol. The number of nitrogens with two attached hydrogens (primary N) is 1. The number of amides is 1. The lowest BCUT2D eigenvalue weighted by Crippen LogP contribution is -2.46. The van der Waals surface area contributed by atoms with Gasteiger partial charge in [-0.25, -0.2) is 0 Å². The van der Waals surface area contributed by atoms with Crippen molar-refractivity contribution in [2.24, 2.45) is 11.7 Å². The number of aromatic nitrogens is 1. The van der Waals surface area contributed by atoms with Crippen LogP contribution in [0.25, 0.3) is 0 Å². The topological polar surface area (TPSA) is 59.2 Å². The van der Waals surface area contributed by atoms with E-state index in [1.165, 1.54) is 6.42 Å². The number of carbonyl (C=O) groups is 1. The first-order chi connectivity index (χ1) is 8.63. The highest BCUT2D eigenvalue weighted by Crippen LogP contribution is 2.24. The standard InChI is InChI=1S/C14H21N3O/c1-10-4-3-7-17(11(10)2)14(18)13-6-5-12(8-15)9-16-13/h5-6,9-11H,3-4,7-8,15H2,1-2H3. The highest BCUT2D eigenvalue weighted by atomic mass is 16.2. The predicted octanol–water partition coefficient (Wildman–Crippen LogP) is 1.80. The lowest BCUT2D eigenvalue weighted by Gasteiger charge is -2.37. The summed E-state index contributed by atoms with van der Waals surface area (Å²) in [5.41, 5.74) is 7.00. The molecule has 1 aromatic heterocycles. The molecule has 98 valence electrons. The molecule has 0 saturated carbocycles. The van der Waals surface area contributed by atoms with E-state index in [-0.39, 0.29) is 5.91 Å². The molecule has 2 unspecified atom stereocenters. The largest absolute Gasteiger partial charge is 0.334 e. The van der Waals surface area contributed by atoms with Gasteiger partial charge in [0.1, 0.15) is 5.69 Å². The van der Waals surface area contributed by atoms with E-state index >= 15 is 0 Å². The Morgan fingerprint density at radius 3 is 2.89 bits per heavy atom. The van der Waals surface area contributed by atoms with Gasteiger partial charge in [-0.1, -0.05) is 13.0 Å². The summed E-state index contributed by atoms with van der Waals surface area (Å²) in [4.78, 5) is 18.5. The van der Waals surface area contributed by atoms with Crippen LogP contribution in [0.2, 0.25) is 0 Å². The van der Waals surface area contributed by atoms with Gasteiger partial charge in [0.15, 0.2) is 0 Å². The molecule has 1 aromatic rings. The van der Waals surface area contributed by atoms with Crippen LogP contribution in [-0.2, 0) is 6.54 Å². The molecule has 4 heteroatoms. The molecule has 0 bridgehead atoms. The molecule has 4 nitrogen and oxygen atoms in total. The van der Waals surface area contributed by atoms with Crippen molar-refractivity contribution in [3.05, 3.63) is 29.6 Å². The molecule has 0 spiro atoms. The van der Waals surface area contributed by atoms with E-state index in [2.05, 4.69) is 18.8 Å². The van der Waals surface area contributed by atoms with Gasteiger partial charge in [0.25, 0.3) is 5.91 Å². The molecule has 0 aliphatic carbocycles. The number of rotatable bonds is 2. The summed E-state index contributed by atoms with van der Waals surface area (Å²) in [6.45, 7) is 5.62. The molecule has 2 heterocycles. The van der Waals surface area contributed by atoms with Crippen molar-refractivity contribution in [2.45, 2.75) is 39.3 Å². The number of likely N-dealkylation sites (tertiary alicyclic amines) is 1. The van der Waals surface area contributed by atoms with Gasteiger partial charge in [-0.3, -0.25) is 9.78 Å². The van der Waals surface area contributed by atoms with Crippen LogP contribution in [0.1, 0.15) is 42.7 Å². The summed E-state index contributed by atoms with van der Waals surface area (Å²) in [6.07, 6.45) is 3.97. The normalized spacial score (nSPS) is 24.1. The van der Waals surface area contributed by atoms with E-state index in [1.54, 1.807) is 12.3 Å². The van der Waals surface area contributed by atoms with Crippen molar-refractivity contribution in [3.8, 4) is 0 Å². The summed E-state index contributed by atoms with van der Waals surface area (Å²) in [7, 11) is 0. The number of pyridine rings is 1. The Morgan fingerprint density at radius 2 is 2.28 bits per heavy atom. The third-order valence-corrected chi connectivity index (χ3v) is 3.91. The Kier molecular flexibility index (Phi) is 3.97. The molecular formula is C14H21N3O. The van der Waals surface area contributed by atoms with Crippen molar-refractivity contribution in [3.63, 3.8) is 0 Å². The Morgan fingerprint density at radius 1 is 1.50 bits per heavy atom. The third kappa shape index (κ3) is 2.53. The van der Waals surface area contributed by atoms with Crippen LogP contribution in [0, 0.1) is 5.92 Å². The number of nitrogens with zero attached hydrogens (tertiary/aromatic N) is 2. The van der Waals surface area contributed by atoms with Crippen LogP contribution in [0.4, 0.5) is 0 Å². The van der Waals surface area contributed by atoms with Crippen molar-refractivity contribution in [1.29, 1.82) is 0 Å². The SMILES string of the molecule is CC1CCCN(C(=O)c2ccc(CN)cn2)C1C. The second kappa shape index (κ2) is 5.48. The highest BCUT2D eigenvalue weighted by molar-refractivity contribution is 5.92. The molecule has 1 aliphatic heterocycles. The van der Waals surface area contributed by atoms with Crippen molar-refractivity contribution >= 4 is 5.91 Å². The van der Waals surface area contributed by atoms with E-state index < -0.39 is 0 Å². The lowest BCUT2D eigenvalue weighted by molar-refractivity contribution is 0.0545. The molecule has 1 aliphatic rings. The van der Waals surface area contributed by atoms with Gasteiger partial charge in [-0.15, -0.1) is 0 Å². The maximum atomic E-state index is 12.4. The summed E-state index contributed by atoms with van der Waals surface area (Å²) in [5, 5.41) is 0. The van der Waals surface area contributed by atoms with Gasteiger partial charge in [-0.05, 0) is 37.3 Å². The lowest BCUT2D eigenvalue weighted by atomic mass is 9.92. The third-order valence-electron chi connectivity index (χ3n) is 3.91. The maximum absolute atomic E-state index is 12.4. The quantitative estimate of drug-likeness (QED) is 0.867. The first kappa shape index (κ1) is 13.0. The molecule has 2 atom stereocenters. The van der Waals surface area contributed by atoms with Crippen molar-refractivity contribution in [1.82, 2.24) is 9.88 Å². The number of hydrogen-bond acceptors (Lipinski definition) is 3. The number of hydrogen-bond donors (Lipinski definition) is 1. The second-order valence-corrected chi connectivity index (χ2v) is 5.11. The fraction of sp³-hybridized carbons (Fsp3) is 0.571. The first-order valence-electron chi connectivity index (χ1n) is 6.59. The Labute approximate surface area is 108 Å². The summed E-state index contributed by atoms with van der Waals surface area (Å²) >= 11 is 0. The predicted molar refractivity (Wildman–Crippen MR) is 71.0 cm³/mol. The zero-order valence-corrected chi connectivity index (χ0v) is 11.1. The van der Waals surface area contributed by atoms with Gasteiger partial charge in [0.05, 0.1) is 0 Å². The van der Waals surface area contributed by atoms with E-state index in [1.807, 2.05) is 11.0 Å². The van der Waals surface area contributed by atoms with Crippen LogP contribution in [-0.4, -0.2) is 28.4 Å². The highest BCUT2D eigenvalue weighted by Gasteiger charge is 2.29. The average Bonchev–Trinajstić information content (AvgIpc) is 2.41. The van der Waals surface area contributed by atoms with Crippen LogP contribution in [0.5, 0.6) is 0 Å². The van der Waals surface area contributed by atoms with Crippen LogP contribution in [0.15, 0.2) is 18.3 Å². The van der Waals surface area contributed by atoms with E-state index in [0.717, 1.165) is 18.5 Å². The zero-order valence-electron chi connectivity index (χ0n) is 11.1. The minimum Gasteiger partial charge on any atom is -0.334 e. The van der Waals surface area contributed by atoms with Crippen molar-refractivity contribution in [2.75, 3.05) is 6.54 Å². The fourth-order valence-corrected chi connectivity index (χ4v) is 2.44. The minimum absolute atomic E-state index is 0.0395.